The SMILES string of the molecule is CCNCc1ccc(N2CCCC3C(=O)NCC32)c(C)c1. The van der Waals surface area contributed by atoms with E-state index >= 15 is 0 Å². The average Bonchev–Trinajstić information content (AvgIpc) is 2.87. The maximum absolute atomic E-state index is 11.9. The minimum Gasteiger partial charge on any atom is -0.366 e. The quantitative estimate of drug-likeness (QED) is 0.888. The molecule has 114 valence electrons. The third kappa shape index (κ3) is 2.77. The molecular formula is C17H25N3O. The van der Waals surface area contributed by atoms with Crippen molar-refractivity contribution in [2.45, 2.75) is 39.3 Å². The van der Waals surface area contributed by atoms with Crippen LogP contribution in [-0.4, -0.2) is 31.6 Å². The lowest BCUT2D eigenvalue weighted by Gasteiger charge is -2.38. The van der Waals surface area contributed by atoms with Crippen LogP contribution in [0.25, 0.3) is 0 Å². The number of nitrogens with zero attached hydrogens (tertiary/aromatic N) is 1. The zero-order valence-electron chi connectivity index (χ0n) is 13.0. The second-order valence-electron chi connectivity index (χ2n) is 6.16. The molecule has 1 aromatic rings. The molecule has 4 heteroatoms. The van der Waals surface area contributed by atoms with E-state index in [9.17, 15) is 4.79 Å². The highest BCUT2D eigenvalue weighted by Gasteiger charge is 2.41. The van der Waals surface area contributed by atoms with Crippen LogP contribution in [0.1, 0.15) is 30.9 Å². The number of amides is 1. The lowest BCUT2D eigenvalue weighted by molar-refractivity contribution is -0.122. The van der Waals surface area contributed by atoms with Gasteiger partial charge in [0.1, 0.15) is 0 Å². The first-order valence-corrected chi connectivity index (χ1v) is 8.05. The summed E-state index contributed by atoms with van der Waals surface area (Å²) in [6.45, 7) is 8.07. The number of fused-ring (bicyclic) bond motifs is 1. The summed E-state index contributed by atoms with van der Waals surface area (Å²) in [4.78, 5) is 14.3. The number of benzene rings is 1. The Bertz CT molecular complexity index is 529. The van der Waals surface area contributed by atoms with Crippen LogP contribution in [0, 0.1) is 12.8 Å². The smallest absolute Gasteiger partial charge is 0.225 e. The fourth-order valence-corrected chi connectivity index (χ4v) is 3.67. The van der Waals surface area contributed by atoms with Gasteiger partial charge in [-0.2, -0.15) is 0 Å². The first kappa shape index (κ1) is 14.4. The highest BCUT2D eigenvalue weighted by molar-refractivity contribution is 5.83. The average molecular weight is 287 g/mol. The Hall–Kier alpha value is -1.55. The van der Waals surface area contributed by atoms with E-state index < -0.39 is 0 Å². The van der Waals surface area contributed by atoms with Crippen molar-refractivity contribution in [3.63, 3.8) is 0 Å². The molecule has 0 aliphatic carbocycles. The lowest BCUT2D eigenvalue weighted by atomic mass is 9.90. The summed E-state index contributed by atoms with van der Waals surface area (Å²) in [6, 6.07) is 7.04. The molecule has 3 rings (SSSR count). The first-order valence-electron chi connectivity index (χ1n) is 8.05. The van der Waals surface area contributed by atoms with Crippen molar-refractivity contribution in [2.75, 3.05) is 24.5 Å². The van der Waals surface area contributed by atoms with Gasteiger partial charge in [-0.3, -0.25) is 4.79 Å². The highest BCUT2D eigenvalue weighted by atomic mass is 16.2. The Kier molecular flexibility index (Phi) is 4.15. The van der Waals surface area contributed by atoms with E-state index in [4.69, 9.17) is 0 Å². The van der Waals surface area contributed by atoms with Gasteiger partial charge in [0.2, 0.25) is 5.91 Å². The Balaban J connectivity index is 1.81. The van der Waals surface area contributed by atoms with Crippen molar-refractivity contribution < 1.29 is 4.79 Å². The van der Waals surface area contributed by atoms with Gasteiger partial charge in [-0.15, -0.1) is 0 Å². The Labute approximate surface area is 126 Å². The Morgan fingerprint density at radius 2 is 2.29 bits per heavy atom. The summed E-state index contributed by atoms with van der Waals surface area (Å²) in [5, 5.41) is 6.39. The van der Waals surface area contributed by atoms with Crippen LogP contribution in [0.4, 0.5) is 5.69 Å². The van der Waals surface area contributed by atoms with E-state index in [1.165, 1.54) is 16.8 Å². The second kappa shape index (κ2) is 6.06. The highest BCUT2D eigenvalue weighted by Crippen LogP contribution is 2.33. The molecule has 2 heterocycles. The summed E-state index contributed by atoms with van der Waals surface area (Å²) >= 11 is 0. The summed E-state index contributed by atoms with van der Waals surface area (Å²) in [7, 11) is 0. The number of hydrogen-bond donors (Lipinski definition) is 2. The molecule has 2 aliphatic rings. The molecule has 2 atom stereocenters. The number of piperidine rings is 1. The molecule has 0 saturated carbocycles. The maximum Gasteiger partial charge on any atom is 0.225 e. The number of rotatable bonds is 4. The molecular weight excluding hydrogens is 262 g/mol. The summed E-state index contributed by atoms with van der Waals surface area (Å²) in [6.07, 6.45) is 2.14. The molecule has 2 unspecified atom stereocenters. The van der Waals surface area contributed by atoms with E-state index in [2.05, 4.69) is 47.6 Å². The molecule has 2 aliphatic heterocycles. The minimum absolute atomic E-state index is 0.180. The van der Waals surface area contributed by atoms with E-state index in [1.807, 2.05) is 0 Å². The van der Waals surface area contributed by atoms with Gasteiger partial charge in [0.15, 0.2) is 0 Å². The van der Waals surface area contributed by atoms with Gasteiger partial charge in [-0.05, 0) is 43.5 Å². The minimum atomic E-state index is 0.180. The van der Waals surface area contributed by atoms with Gasteiger partial charge >= 0.3 is 0 Å². The van der Waals surface area contributed by atoms with Crippen molar-refractivity contribution in [1.82, 2.24) is 10.6 Å². The Morgan fingerprint density at radius 1 is 1.43 bits per heavy atom. The Morgan fingerprint density at radius 3 is 3.05 bits per heavy atom. The summed E-state index contributed by atoms with van der Waals surface area (Å²) < 4.78 is 0. The number of hydrogen-bond acceptors (Lipinski definition) is 3. The van der Waals surface area contributed by atoms with Crippen LogP contribution in [-0.2, 0) is 11.3 Å². The fourth-order valence-electron chi connectivity index (χ4n) is 3.67. The van der Waals surface area contributed by atoms with Crippen LogP contribution in [0.2, 0.25) is 0 Å². The largest absolute Gasteiger partial charge is 0.366 e. The summed E-state index contributed by atoms with van der Waals surface area (Å²) in [5.74, 6) is 0.422. The van der Waals surface area contributed by atoms with E-state index in [0.717, 1.165) is 39.0 Å². The number of nitrogens with one attached hydrogen (secondary N) is 2. The van der Waals surface area contributed by atoms with Crippen LogP contribution in [0.3, 0.4) is 0 Å². The van der Waals surface area contributed by atoms with Gasteiger partial charge in [0, 0.05) is 25.3 Å². The molecule has 1 aromatic carbocycles. The van der Waals surface area contributed by atoms with Crippen molar-refractivity contribution in [3.05, 3.63) is 29.3 Å². The second-order valence-corrected chi connectivity index (χ2v) is 6.16. The maximum atomic E-state index is 11.9. The molecule has 0 radical (unpaired) electrons. The van der Waals surface area contributed by atoms with E-state index in [1.54, 1.807) is 0 Å². The van der Waals surface area contributed by atoms with Gasteiger partial charge in [0.05, 0.1) is 12.0 Å². The predicted octanol–water partition coefficient (Wildman–Crippen LogP) is 1.82. The van der Waals surface area contributed by atoms with E-state index in [-0.39, 0.29) is 11.8 Å². The van der Waals surface area contributed by atoms with Crippen molar-refractivity contribution in [3.8, 4) is 0 Å². The third-order valence-corrected chi connectivity index (χ3v) is 4.75. The summed E-state index contributed by atoms with van der Waals surface area (Å²) in [5.41, 5.74) is 3.93. The standard InChI is InChI=1S/C17H25N3O/c1-3-18-10-13-6-7-15(12(2)9-13)20-8-4-5-14-16(20)11-19-17(14)21/h6-7,9,14,16,18H,3-5,8,10-11H2,1-2H3,(H,19,21). The van der Waals surface area contributed by atoms with Crippen LogP contribution in [0.5, 0.6) is 0 Å². The third-order valence-electron chi connectivity index (χ3n) is 4.75. The topological polar surface area (TPSA) is 44.4 Å². The lowest BCUT2D eigenvalue weighted by Crippen LogP contribution is -2.46. The predicted molar refractivity (Wildman–Crippen MR) is 85.4 cm³/mol. The van der Waals surface area contributed by atoms with Crippen molar-refractivity contribution in [1.29, 1.82) is 0 Å². The molecule has 0 bridgehead atoms. The van der Waals surface area contributed by atoms with Crippen LogP contribution in [0.15, 0.2) is 18.2 Å². The monoisotopic (exact) mass is 287 g/mol. The molecule has 2 N–H and O–H groups in total. The number of anilines is 1. The zero-order valence-corrected chi connectivity index (χ0v) is 13.0. The molecule has 2 fully saturated rings. The zero-order chi connectivity index (χ0) is 14.8. The van der Waals surface area contributed by atoms with Gasteiger partial charge < -0.3 is 15.5 Å². The fraction of sp³-hybridized carbons (Fsp3) is 0.588. The number of carbonyl (C=O) groups excluding carboxylic acids is 1. The first-order chi connectivity index (χ1) is 10.2. The number of carbonyl (C=O) groups is 1. The van der Waals surface area contributed by atoms with Gasteiger partial charge in [-0.25, -0.2) is 0 Å². The number of aryl methyl sites for hydroxylation is 1. The van der Waals surface area contributed by atoms with Gasteiger partial charge in [-0.1, -0.05) is 19.1 Å². The normalized spacial score (nSPS) is 24.9. The van der Waals surface area contributed by atoms with Crippen LogP contribution >= 0.6 is 0 Å². The molecule has 4 nitrogen and oxygen atoms in total. The van der Waals surface area contributed by atoms with Crippen molar-refractivity contribution in [2.24, 2.45) is 5.92 Å². The molecule has 1 amide bonds. The molecule has 0 spiro atoms. The van der Waals surface area contributed by atoms with Crippen molar-refractivity contribution >= 4 is 11.6 Å². The van der Waals surface area contributed by atoms with E-state index in [0.29, 0.717) is 6.04 Å². The molecule has 21 heavy (non-hydrogen) atoms. The molecule has 0 aromatic heterocycles. The van der Waals surface area contributed by atoms with Gasteiger partial charge in [0.25, 0.3) is 0 Å². The van der Waals surface area contributed by atoms with Crippen LogP contribution < -0.4 is 15.5 Å². The molecule has 2 saturated heterocycles.